The predicted octanol–water partition coefficient (Wildman–Crippen LogP) is -2.25. The fourth-order valence-corrected chi connectivity index (χ4v) is 0. The van der Waals surface area contributed by atoms with Crippen LogP contribution in [-0.4, -0.2) is 32.8 Å². The number of hydrogen-bond acceptors (Lipinski definition) is 1. The Labute approximate surface area is 55.5 Å². The molecule has 0 aliphatic heterocycles. The van der Waals surface area contributed by atoms with Crippen LogP contribution in [0, 0.1) is 0 Å². The first-order chi connectivity index (χ1) is 1.73. The van der Waals surface area contributed by atoms with Crippen LogP contribution in [0.25, 0.3) is 0 Å². The molecule has 1 radical (unpaired) electrons. The standard InChI is InChI=1S/CH2O3.Cu.3H2O/c2-1(3)4;;;;/h(H2,2,3,4);;3*1H2. The summed E-state index contributed by atoms with van der Waals surface area (Å²) < 4.78 is 0. The molecule has 0 heterocycles. The second-order valence-electron chi connectivity index (χ2n) is 0.283. The Balaban J connectivity index is -0.00000000750. The fraction of sp³-hybridized carbons (Fsp3) is 0. The van der Waals surface area contributed by atoms with E-state index >= 15 is 0 Å². The summed E-state index contributed by atoms with van der Waals surface area (Å²) in [7, 11) is 0. The maximum Gasteiger partial charge on any atom is 0.503 e. The first kappa shape index (κ1) is 47.9. The summed E-state index contributed by atoms with van der Waals surface area (Å²) in [4.78, 5) is 8.56. The molecule has 0 amide bonds. The molecule has 0 rings (SSSR count). The van der Waals surface area contributed by atoms with Crippen molar-refractivity contribution in [2.45, 2.75) is 0 Å². The van der Waals surface area contributed by atoms with Gasteiger partial charge in [0, 0.05) is 17.1 Å². The first-order valence-electron chi connectivity index (χ1n) is 0.651. The van der Waals surface area contributed by atoms with E-state index in [0.29, 0.717) is 0 Å². The van der Waals surface area contributed by atoms with Crippen LogP contribution in [0.4, 0.5) is 4.79 Å². The van der Waals surface area contributed by atoms with Crippen molar-refractivity contribution in [1.29, 1.82) is 0 Å². The van der Waals surface area contributed by atoms with E-state index < -0.39 is 6.16 Å². The normalized spacial score (nSPS) is 3.00. The van der Waals surface area contributed by atoms with E-state index in [1.54, 1.807) is 0 Å². The molecule has 0 aromatic carbocycles. The zero-order valence-electron chi connectivity index (χ0n) is 3.60. The average molecular weight is 180 g/mol. The third kappa shape index (κ3) is 1130. The monoisotopic (exact) mass is 179 g/mol. The van der Waals surface area contributed by atoms with Gasteiger partial charge in [-0.25, -0.2) is 4.79 Å². The molecule has 8 heavy (non-hydrogen) atoms. The molecule has 0 atom stereocenters. The molecule has 0 aliphatic rings. The van der Waals surface area contributed by atoms with Crippen molar-refractivity contribution in [2.24, 2.45) is 0 Å². The van der Waals surface area contributed by atoms with Gasteiger partial charge in [0.1, 0.15) is 0 Å². The van der Waals surface area contributed by atoms with Gasteiger partial charge in [-0.2, -0.15) is 0 Å². The molecule has 0 aromatic rings. The van der Waals surface area contributed by atoms with Gasteiger partial charge in [-0.3, -0.25) is 0 Å². The molecule has 0 aliphatic carbocycles. The molecular formula is CH8CuO6. The zero-order chi connectivity index (χ0) is 3.58. The van der Waals surface area contributed by atoms with Crippen molar-refractivity contribution in [1.82, 2.24) is 0 Å². The van der Waals surface area contributed by atoms with Crippen molar-refractivity contribution >= 4 is 6.16 Å². The second-order valence-corrected chi connectivity index (χ2v) is 0.283. The van der Waals surface area contributed by atoms with Crippen molar-refractivity contribution in [3.63, 3.8) is 0 Å². The van der Waals surface area contributed by atoms with E-state index in [1.165, 1.54) is 0 Å². The summed E-state index contributed by atoms with van der Waals surface area (Å²) in [6.45, 7) is 0. The smallest absolute Gasteiger partial charge is 0.450 e. The molecule has 0 unspecified atom stereocenters. The van der Waals surface area contributed by atoms with Crippen LogP contribution in [0.3, 0.4) is 0 Å². The minimum absolute atomic E-state index is 0. The summed E-state index contributed by atoms with van der Waals surface area (Å²) in [6.07, 6.45) is -1.83. The van der Waals surface area contributed by atoms with Gasteiger partial charge in [-0.05, 0) is 0 Å². The van der Waals surface area contributed by atoms with Crippen LogP contribution < -0.4 is 0 Å². The Hall–Kier alpha value is -0.331. The number of rotatable bonds is 0. The molecule has 0 aromatic heterocycles. The molecule has 59 valence electrons. The summed E-state index contributed by atoms with van der Waals surface area (Å²) in [5.74, 6) is 0. The number of hydrogen-bond donors (Lipinski definition) is 2. The molecular weight excluding hydrogens is 172 g/mol. The Kier molecular flexibility index (Phi) is 180. The van der Waals surface area contributed by atoms with E-state index in [-0.39, 0.29) is 33.5 Å². The van der Waals surface area contributed by atoms with E-state index in [1.807, 2.05) is 0 Å². The first-order valence-corrected chi connectivity index (χ1v) is 0.651. The van der Waals surface area contributed by atoms with E-state index in [0.717, 1.165) is 0 Å². The maximum absolute atomic E-state index is 8.56. The van der Waals surface area contributed by atoms with Crippen LogP contribution in [0.15, 0.2) is 0 Å². The van der Waals surface area contributed by atoms with Gasteiger partial charge in [0.2, 0.25) is 0 Å². The third-order valence-electron chi connectivity index (χ3n) is 0. The van der Waals surface area contributed by atoms with Crippen molar-refractivity contribution < 1.29 is 48.5 Å². The van der Waals surface area contributed by atoms with Gasteiger partial charge < -0.3 is 26.6 Å². The Morgan fingerprint density at radius 2 is 1.00 bits per heavy atom. The van der Waals surface area contributed by atoms with Crippen LogP contribution in [0.2, 0.25) is 0 Å². The molecule has 7 heteroatoms. The zero-order valence-corrected chi connectivity index (χ0v) is 4.55. The number of carboxylic acid groups (broad SMARTS) is 2. The average Bonchev–Trinajstić information content (AvgIpc) is 0.811. The SMILES string of the molecule is O.O.O.O=C(O)O.[Cu]. The van der Waals surface area contributed by atoms with Crippen molar-refractivity contribution in [3.8, 4) is 0 Å². The Morgan fingerprint density at radius 3 is 1.00 bits per heavy atom. The molecule has 0 spiro atoms. The second kappa shape index (κ2) is 30.1. The molecule has 0 saturated carbocycles. The van der Waals surface area contributed by atoms with Gasteiger partial charge in [0.25, 0.3) is 0 Å². The molecule has 8 N–H and O–H groups in total. The summed E-state index contributed by atoms with van der Waals surface area (Å²) in [5, 5.41) is 13.9. The largest absolute Gasteiger partial charge is 0.503 e. The van der Waals surface area contributed by atoms with Crippen LogP contribution in [0.5, 0.6) is 0 Å². The molecule has 0 saturated heterocycles. The predicted molar refractivity (Wildman–Crippen MR) is 21.5 cm³/mol. The minimum Gasteiger partial charge on any atom is -0.450 e. The topological polar surface area (TPSA) is 152 Å². The summed E-state index contributed by atoms with van der Waals surface area (Å²) in [5.41, 5.74) is 0. The van der Waals surface area contributed by atoms with Gasteiger partial charge in [-0.1, -0.05) is 0 Å². The van der Waals surface area contributed by atoms with Crippen LogP contribution >= 0.6 is 0 Å². The quantitative estimate of drug-likeness (QED) is 0.404. The van der Waals surface area contributed by atoms with Crippen LogP contribution in [0.1, 0.15) is 0 Å². The maximum atomic E-state index is 8.56. The molecule has 0 fully saturated rings. The van der Waals surface area contributed by atoms with Gasteiger partial charge >= 0.3 is 6.16 Å². The third-order valence-corrected chi connectivity index (χ3v) is 0. The van der Waals surface area contributed by atoms with Gasteiger partial charge in [-0.15, -0.1) is 0 Å². The molecule has 6 nitrogen and oxygen atoms in total. The van der Waals surface area contributed by atoms with E-state index in [4.69, 9.17) is 15.0 Å². The van der Waals surface area contributed by atoms with E-state index in [9.17, 15) is 0 Å². The van der Waals surface area contributed by atoms with Crippen molar-refractivity contribution in [3.05, 3.63) is 0 Å². The van der Waals surface area contributed by atoms with Gasteiger partial charge in [0.05, 0.1) is 0 Å². The fourth-order valence-electron chi connectivity index (χ4n) is 0. The number of carbonyl (C=O) groups is 1. The van der Waals surface area contributed by atoms with Gasteiger partial charge in [0.15, 0.2) is 0 Å². The minimum atomic E-state index is -1.83. The Bertz CT molecular complexity index is 31.5. The van der Waals surface area contributed by atoms with Crippen LogP contribution in [-0.2, 0) is 17.1 Å². The summed E-state index contributed by atoms with van der Waals surface area (Å²) >= 11 is 0. The van der Waals surface area contributed by atoms with E-state index in [2.05, 4.69) is 0 Å². The van der Waals surface area contributed by atoms with Crippen molar-refractivity contribution in [2.75, 3.05) is 0 Å². The molecule has 0 bridgehead atoms. The summed E-state index contributed by atoms with van der Waals surface area (Å²) in [6, 6.07) is 0. The Morgan fingerprint density at radius 1 is 1.00 bits per heavy atom.